The molecule has 0 aliphatic carbocycles. The Morgan fingerprint density at radius 2 is 1.79 bits per heavy atom. The first-order valence-corrected chi connectivity index (χ1v) is 11.3. The van der Waals surface area contributed by atoms with E-state index in [-0.39, 0.29) is 12.1 Å². The van der Waals surface area contributed by atoms with Gasteiger partial charge in [-0.15, -0.1) is 0 Å². The molecule has 9 nitrogen and oxygen atoms in total. The molecule has 3 aliphatic heterocycles. The van der Waals surface area contributed by atoms with E-state index in [2.05, 4.69) is 32.6 Å². The number of hydrogen-bond donors (Lipinski definition) is 3. The number of nitrogens with one attached hydrogen (secondary N) is 2. The van der Waals surface area contributed by atoms with Crippen LogP contribution in [-0.4, -0.2) is 86.5 Å². The molecule has 0 saturated carbocycles. The number of hydrogen-bond acceptors (Lipinski definition) is 7. The summed E-state index contributed by atoms with van der Waals surface area (Å²) in [6.07, 6.45) is -1.68. The number of aliphatic hydroxyl groups is 1. The number of rotatable bonds is 5. The van der Waals surface area contributed by atoms with Crippen LogP contribution in [0.2, 0.25) is 0 Å². The molecule has 3 aliphatic rings. The van der Waals surface area contributed by atoms with E-state index in [0.29, 0.717) is 18.0 Å². The summed E-state index contributed by atoms with van der Waals surface area (Å²) in [5, 5.41) is 17.0. The predicted molar refractivity (Wildman–Crippen MR) is 124 cm³/mol. The summed E-state index contributed by atoms with van der Waals surface area (Å²) >= 11 is 0. The van der Waals surface area contributed by atoms with Crippen LogP contribution in [0.1, 0.15) is 0 Å². The molecular weight excluding hydrogens is 424 g/mol. The van der Waals surface area contributed by atoms with E-state index in [0.717, 1.165) is 26.2 Å². The molecule has 2 aromatic carbocycles. The average Bonchev–Trinajstić information content (AvgIpc) is 3.28. The van der Waals surface area contributed by atoms with Crippen LogP contribution >= 0.6 is 0 Å². The molecule has 3 saturated heterocycles. The Hall–Kier alpha value is -2.85. The van der Waals surface area contributed by atoms with E-state index in [9.17, 15) is 9.90 Å². The molecule has 9 heteroatoms. The number of nitrogens with zero attached hydrogens (tertiary/aromatic N) is 2. The van der Waals surface area contributed by atoms with Crippen LogP contribution in [0.4, 0.5) is 16.2 Å². The summed E-state index contributed by atoms with van der Waals surface area (Å²) in [6, 6.07) is 16.1. The molecule has 3 fully saturated rings. The molecule has 5 rings (SSSR count). The van der Waals surface area contributed by atoms with Crippen molar-refractivity contribution in [3.63, 3.8) is 0 Å². The first-order valence-electron chi connectivity index (χ1n) is 11.3. The van der Waals surface area contributed by atoms with Crippen molar-refractivity contribution < 1.29 is 24.1 Å². The highest BCUT2D eigenvalue weighted by molar-refractivity contribution is 5.89. The van der Waals surface area contributed by atoms with Crippen molar-refractivity contribution in [2.24, 2.45) is 0 Å². The minimum absolute atomic E-state index is 0.340. The lowest BCUT2D eigenvalue weighted by Gasteiger charge is -2.47. The Labute approximate surface area is 193 Å². The summed E-state index contributed by atoms with van der Waals surface area (Å²) in [6.45, 7) is 3.58. The number of piperazine rings is 1. The van der Waals surface area contributed by atoms with Crippen LogP contribution in [0.15, 0.2) is 54.6 Å². The van der Waals surface area contributed by atoms with Crippen molar-refractivity contribution in [3.8, 4) is 5.75 Å². The van der Waals surface area contributed by atoms with Gasteiger partial charge < -0.3 is 34.9 Å². The van der Waals surface area contributed by atoms with Crippen molar-refractivity contribution in [2.75, 3.05) is 50.1 Å². The van der Waals surface area contributed by atoms with Gasteiger partial charge in [-0.05, 0) is 36.4 Å². The normalized spacial score (nSPS) is 29.5. The average molecular weight is 455 g/mol. The quantitative estimate of drug-likeness (QED) is 0.630. The van der Waals surface area contributed by atoms with Crippen LogP contribution in [0.25, 0.3) is 0 Å². The van der Waals surface area contributed by atoms with Gasteiger partial charge in [-0.3, -0.25) is 4.90 Å². The summed E-state index contributed by atoms with van der Waals surface area (Å²) in [7, 11) is 1.59. The highest BCUT2D eigenvalue weighted by Gasteiger charge is 2.52. The standard InChI is InChI=1S/C24H30N4O5/c1-31-18-9-7-16(8-10-18)25-24(30)26-20-19-15-32-23(33-19)21(22(20)29)28-13-11-27(12-14-28)17-5-3-2-4-6-17/h2-10,19-23,29H,11-15H2,1H3,(H2,25,26,30)/t19-,20-,21+,22-,23+/m0/s1. The Kier molecular flexibility index (Phi) is 6.37. The van der Waals surface area contributed by atoms with Gasteiger partial charge in [-0.2, -0.15) is 0 Å². The van der Waals surface area contributed by atoms with E-state index >= 15 is 0 Å². The van der Waals surface area contributed by atoms with Gasteiger partial charge in [0.25, 0.3) is 0 Å². The maximum atomic E-state index is 12.7. The minimum atomic E-state index is -0.804. The number of para-hydroxylation sites is 1. The molecule has 0 unspecified atom stereocenters. The predicted octanol–water partition coefficient (Wildman–Crippen LogP) is 1.49. The molecule has 3 N–H and O–H groups in total. The third-order valence-electron chi connectivity index (χ3n) is 6.63. The molecule has 0 aromatic heterocycles. The number of methoxy groups -OCH3 is 1. The smallest absolute Gasteiger partial charge is 0.319 e. The molecule has 176 valence electrons. The van der Waals surface area contributed by atoms with Gasteiger partial charge in [0.2, 0.25) is 0 Å². The second-order valence-electron chi connectivity index (χ2n) is 8.57. The number of aliphatic hydroxyl groups excluding tert-OH is 1. The fourth-order valence-electron chi connectivity index (χ4n) is 4.88. The number of amides is 2. The molecule has 33 heavy (non-hydrogen) atoms. The third kappa shape index (κ3) is 4.63. The SMILES string of the molecule is COc1ccc(NC(=O)N[C@@H]2[C@H](O)[C@@H](N3CCN(c4ccccc4)CC3)[C@@H]3OC[C@@H]2O3)cc1. The second kappa shape index (κ2) is 9.56. The van der Waals surface area contributed by atoms with E-state index < -0.39 is 24.5 Å². The number of benzene rings is 2. The molecule has 0 spiro atoms. The van der Waals surface area contributed by atoms with E-state index in [1.807, 2.05) is 18.2 Å². The third-order valence-corrected chi connectivity index (χ3v) is 6.63. The minimum Gasteiger partial charge on any atom is -0.497 e. The second-order valence-corrected chi connectivity index (χ2v) is 8.57. The summed E-state index contributed by atoms with van der Waals surface area (Å²) < 4.78 is 17.0. The van der Waals surface area contributed by atoms with Crippen molar-refractivity contribution >= 4 is 17.4 Å². The molecule has 3 heterocycles. The number of ether oxygens (including phenoxy) is 3. The van der Waals surface area contributed by atoms with E-state index in [1.54, 1.807) is 31.4 Å². The molecule has 2 bridgehead atoms. The van der Waals surface area contributed by atoms with Crippen molar-refractivity contribution in [1.82, 2.24) is 10.2 Å². The molecule has 2 amide bonds. The van der Waals surface area contributed by atoms with E-state index in [1.165, 1.54) is 5.69 Å². The van der Waals surface area contributed by atoms with Crippen molar-refractivity contribution in [3.05, 3.63) is 54.6 Å². The highest BCUT2D eigenvalue weighted by atomic mass is 16.7. The molecule has 5 atom stereocenters. The van der Waals surface area contributed by atoms with Gasteiger partial charge in [0.15, 0.2) is 6.29 Å². The summed E-state index contributed by atoms with van der Waals surface area (Å²) in [5.74, 6) is 0.710. The van der Waals surface area contributed by atoms with Crippen LogP contribution in [0, 0.1) is 0 Å². The van der Waals surface area contributed by atoms with Crippen molar-refractivity contribution in [1.29, 1.82) is 0 Å². The van der Waals surface area contributed by atoms with Gasteiger partial charge in [-0.1, -0.05) is 18.2 Å². The molecular formula is C24H30N4O5. The van der Waals surface area contributed by atoms with Crippen LogP contribution < -0.4 is 20.3 Å². The zero-order chi connectivity index (χ0) is 22.8. The first-order chi connectivity index (χ1) is 16.1. The Morgan fingerprint density at radius 3 is 2.48 bits per heavy atom. The summed E-state index contributed by atoms with van der Waals surface area (Å²) in [4.78, 5) is 17.2. The largest absolute Gasteiger partial charge is 0.497 e. The Bertz CT molecular complexity index is 936. The maximum Gasteiger partial charge on any atom is 0.319 e. The van der Waals surface area contributed by atoms with Gasteiger partial charge in [0, 0.05) is 37.6 Å². The monoisotopic (exact) mass is 454 g/mol. The lowest BCUT2D eigenvalue weighted by atomic mass is 9.94. The summed E-state index contributed by atoms with van der Waals surface area (Å²) in [5.41, 5.74) is 1.83. The van der Waals surface area contributed by atoms with Gasteiger partial charge in [-0.25, -0.2) is 4.79 Å². The number of fused-ring (bicyclic) bond motifs is 2. The Morgan fingerprint density at radius 1 is 1.06 bits per heavy atom. The lowest BCUT2D eigenvalue weighted by Crippen LogP contribution is -2.67. The zero-order valence-electron chi connectivity index (χ0n) is 18.6. The van der Waals surface area contributed by atoms with E-state index in [4.69, 9.17) is 14.2 Å². The maximum absolute atomic E-state index is 12.7. The fraction of sp³-hybridized carbons (Fsp3) is 0.458. The molecule has 2 aromatic rings. The fourth-order valence-corrected chi connectivity index (χ4v) is 4.88. The highest BCUT2D eigenvalue weighted by Crippen LogP contribution is 2.32. The van der Waals surface area contributed by atoms with Gasteiger partial charge in [0.1, 0.15) is 11.9 Å². The lowest BCUT2D eigenvalue weighted by molar-refractivity contribution is -0.181. The number of carbonyl (C=O) groups excluding carboxylic acids is 1. The van der Waals surface area contributed by atoms with Crippen LogP contribution in [0.5, 0.6) is 5.75 Å². The Balaban J connectivity index is 1.21. The topological polar surface area (TPSA) is 95.5 Å². The van der Waals surface area contributed by atoms with Gasteiger partial charge >= 0.3 is 6.03 Å². The van der Waals surface area contributed by atoms with Crippen LogP contribution in [0.3, 0.4) is 0 Å². The van der Waals surface area contributed by atoms with Crippen molar-refractivity contribution in [2.45, 2.75) is 30.6 Å². The van der Waals surface area contributed by atoms with Gasteiger partial charge in [0.05, 0.1) is 31.9 Å². The van der Waals surface area contributed by atoms with Crippen LogP contribution in [-0.2, 0) is 9.47 Å². The first kappa shape index (κ1) is 22.0. The number of carbonyl (C=O) groups is 1. The number of urea groups is 1. The number of anilines is 2. The molecule has 0 radical (unpaired) electrons. The zero-order valence-corrected chi connectivity index (χ0v) is 18.6.